The number of carbonyl (C=O) groups is 2. The maximum Gasteiger partial charge on any atom is 0.251 e. The molecule has 1 amide bonds. The zero-order chi connectivity index (χ0) is 92.3. The van der Waals surface area contributed by atoms with E-state index in [4.69, 9.17) is 0 Å². The molecule has 13 aromatic rings. The van der Waals surface area contributed by atoms with Crippen molar-refractivity contribution in [3.05, 3.63) is 251 Å². The van der Waals surface area contributed by atoms with E-state index < -0.39 is 24.4 Å². The van der Waals surface area contributed by atoms with Crippen LogP contribution in [0.5, 0.6) is 0 Å². The quantitative estimate of drug-likeness (QED) is 0.0323. The number of nitrogens with zero attached hydrogens (tertiary/aromatic N) is 12. The summed E-state index contributed by atoms with van der Waals surface area (Å²) < 4.78 is 12.4. The highest BCUT2D eigenvalue weighted by Crippen LogP contribution is 2.64. The number of aromatic nitrogens is 12. The molecule has 18 unspecified atom stereocenters. The van der Waals surface area contributed by atoms with Gasteiger partial charge in [0.2, 0.25) is 0 Å². The summed E-state index contributed by atoms with van der Waals surface area (Å²) >= 11 is 0. The third kappa shape index (κ3) is 17.3. The zero-order valence-electron chi connectivity index (χ0n) is 78.8. The molecule has 0 saturated heterocycles. The fourth-order valence-corrected chi connectivity index (χ4v) is 29.2. The summed E-state index contributed by atoms with van der Waals surface area (Å²) in [5.41, 5.74) is 21.9. The highest BCUT2D eigenvalue weighted by Gasteiger charge is 2.55. The number of fused-ring (bicyclic) bond motifs is 12. The van der Waals surface area contributed by atoms with Gasteiger partial charge in [-0.3, -0.25) is 14.0 Å². The van der Waals surface area contributed by atoms with Crippen molar-refractivity contribution in [2.75, 3.05) is 0 Å². The van der Waals surface area contributed by atoms with Crippen molar-refractivity contribution in [2.24, 2.45) is 82.3 Å². The minimum Gasteiger partial charge on any atom is -0.393 e. The van der Waals surface area contributed by atoms with Crippen LogP contribution in [0.15, 0.2) is 172 Å². The van der Waals surface area contributed by atoms with E-state index in [0.717, 1.165) is 192 Å². The molecular formula is C114H135N13O10. The standard InChI is InChI=1S/C22H28N2O.C21H21N3O2.C18H22N2O2.C18H20N2O2.C18H22N2O.C17H22N2O2/c25-20(11-22-8-14-5-15(9-22)7-16(6-14)10-22)21-19(17-1-2-17)4-3-18-12-23-13-24(18)21;25-20(14-2-1-3-15(10-14)21(26)23-16-6-7-16)19-18(13-4-5-13)9-8-17-11-22-12-24(17)19;21-16-7-11-5-12(16)6-15(11)18(22)17-14(10-1-2-10)4-3-13-8-19-9-20(13)17;21-17-12-4-3-11(7-12)15(17)18(22)16-14(10-1-2-10)6-5-13-8-19-9-20(13)16;21-18(16-8-11-1-2-13(16)7-11)17-15(12-3-4-12)6-5-14-9-19-10-20(14)17;20-14-3-1-2-12(8-14)17(21)16-15(11-4-5-11)7-6-13-9-18-10-19(13)16/h3-4,12-17,20,25H,1-2,5-11H2;1-3,8-13,16,20,25H,4-7H2,(H,23,26);3-4,8-12,15-16,18,21-22H,1-2,5-7H2;5-6,8-12,15,18,22H,1-4,7H2;5-6,9-13,16,18,21H,1-4,7-8H2;6-7,9-12,14,17,20-21H,1-5,8H2. The number of pyridine rings is 6. The second-order valence-electron chi connectivity index (χ2n) is 46.1. The Labute approximate surface area is 800 Å². The second-order valence-corrected chi connectivity index (χ2v) is 46.1. The van der Waals surface area contributed by atoms with Crippen LogP contribution in [0.25, 0.3) is 33.1 Å². The van der Waals surface area contributed by atoms with Gasteiger partial charge in [-0.05, 0) is 405 Å². The fourth-order valence-electron chi connectivity index (χ4n) is 29.2. The van der Waals surface area contributed by atoms with Crippen LogP contribution in [0.4, 0.5) is 0 Å². The van der Waals surface area contributed by atoms with E-state index >= 15 is 0 Å². The average Bonchev–Trinajstić information content (AvgIpc) is 1.53. The topological polar surface area (TPSA) is 312 Å². The van der Waals surface area contributed by atoms with Crippen LogP contribution in [0.3, 0.4) is 0 Å². The normalized spacial score (nSPS) is 30.5. The number of hydrogen-bond donors (Lipinski definition) is 9. The van der Waals surface area contributed by atoms with Crippen molar-refractivity contribution in [2.45, 2.75) is 315 Å². The lowest BCUT2D eigenvalue weighted by atomic mass is 9.48. The number of imidazole rings is 6. The Morgan fingerprint density at radius 3 is 1.18 bits per heavy atom. The molecule has 18 fully saturated rings. The maximum atomic E-state index is 12.6. The van der Waals surface area contributed by atoms with Gasteiger partial charge in [0.25, 0.3) is 5.91 Å². The fraction of sp³-hybridized carbons (Fsp3) is 0.561. The molecule has 0 radical (unpaired) electrons. The number of aliphatic hydroxyl groups is 8. The summed E-state index contributed by atoms with van der Waals surface area (Å²) in [6, 6.07) is 33.4. The van der Waals surface area contributed by atoms with Gasteiger partial charge in [0, 0.05) is 17.5 Å². The van der Waals surface area contributed by atoms with Gasteiger partial charge in [-0.15, -0.1) is 0 Å². The summed E-state index contributed by atoms with van der Waals surface area (Å²) in [6.07, 6.45) is 59.7. The van der Waals surface area contributed by atoms with E-state index in [1.165, 1.54) is 162 Å². The lowest BCUT2D eigenvalue weighted by Crippen LogP contribution is -2.46. The number of nitrogens with one attached hydrogen (secondary N) is 1. The third-order valence-corrected chi connectivity index (χ3v) is 36.6. The van der Waals surface area contributed by atoms with E-state index in [-0.39, 0.29) is 48.1 Å². The van der Waals surface area contributed by atoms with Gasteiger partial charge >= 0.3 is 0 Å². The number of hydrogen-bond acceptors (Lipinski definition) is 16. The van der Waals surface area contributed by atoms with E-state index in [9.17, 15) is 50.4 Å². The molecule has 137 heavy (non-hydrogen) atoms. The maximum absolute atomic E-state index is 12.6. The summed E-state index contributed by atoms with van der Waals surface area (Å²) in [5, 5.41) is 89.9. The Hall–Kier alpha value is -9.82. The van der Waals surface area contributed by atoms with Crippen molar-refractivity contribution in [1.82, 2.24) is 61.6 Å². The summed E-state index contributed by atoms with van der Waals surface area (Å²) in [4.78, 5) is 50.5. The molecule has 23 nitrogen and oxygen atoms in total. The molecule has 12 aromatic heterocycles. The molecule has 12 heterocycles. The number of rotatable bonds is 21. The van der Waals surface area contributed by atoms with Crippen molar-refractivity contribution in [3.63, 3.8) is 0 Å². The van der Waals surface area contributed by atoms with Gasteiger partial charge in [0.05, 0.1) is 185 Å². The van der Waals surface area contributed by atoms with Gasteiger partial charge < -0.3 is 68.2 Å². The molecule has 18 atom stereocenters. The SMILES string of the molecule is O=C(NC1CC1)c1cccc(C(O)c2c(C3CC3)ccc3cncn23)c1.O=C1C2CCC(C2)C1C(O)c1c(C2CC2)ccc2cncn12.OC(CC12CC3CC(CC(C3)C1)C2)c1c(C2CC2)ccc2cncn12.OC(c1c(C2CC2)ccc2cncn12)C1CC2CCC1C2.OC1CC2CC1CC2C(O)c1c(C2CC2)ccc2cncn12.OC1CCCC(C(O)c2c(C3CC3)ccc3cncn23)C1. The van der Waals surface area contributed by atoms with Crippen molar-refractivity contribution >= 4 is 44.8 Å². The van der Waals surface area contributed by atoms with Crippen LogP contribution < -0.4 is 5.32 Å². The molecule has 0 aliphatic heterocycles. The van der Waals surface area contributed by atoms with Crippen molar-refractivity contribution in [3.8, 4) is 0 Å². The monoisotopic (exact) mass is 1850 g/mol. The molecule has 23 heteroatoms. The molecule has 31 rings (SSSR count). The minimum absolute atomic E-state index is 0.0650. The number of carbonyl (C=O) groups excluding carboxylic acids is 2. The van der Waals surface area contributed by atoms with Crippen LogP contribution >= 0.6 is 0 Å². The van der Waals surface area contributed by atoms with E-state index in [0.29, 0.717) is 94.3 Å². The molecule has 18 aliphatic carbocycles. The lowest BCUT2D eigenvalue weighted by molar-refractivity contribution is -0.129. The first-order valence-electron chi connectivity index (χ1n) is 53.0. The molecule has 10 bridgehead atoms. The van der Waals surface area contributed by atoms with Gasteiger partial charge in [0.1, 0.15) is 18.0 Å². The minimum atomic E-state index is -0.794. The van der Waals surface area contributed by atoms with Gasteiger partial charge in [0.15, 0.2) is 0 Å². The van der Waals surface area contributed by atoms with Gasteiger partial charge in [-0.1, -0.05) is 61.4 Å². The predicted molar refractivity (Wildman–Crippen MR) is 521 cm³/mol. The molecular weight excluding hydrogens is 1710 g/mol. The number of Topliss-reactive ketones (excluding diaryl/α,β-unsaturated/α-hetero) is 1. The van der Waals surface area contributed by atoms with Crippen molar-refractivity contribution < 1.29 is 50.4 Å². The van der Waals surface area contributed by atoms with Crippen LogP contribution in [0.1, 0.15) is 380 Å². The largest absolute Gasteiger partial charge is 0.393 e. The number of benzene rings is 1. The van der Waals surface area contributed by atoms with Crippen LogP contribution in [-0.2, 0) is 4.79 Å². The van der Waals surface area contributed by atoms with E-state index in [1.807, 2.05) is 75.3 Å². The second kappa shape index (κ2) is 36.1. The highest BCUT2D eigenvalue weighted by atomic mass is 16.3. The molecule has 0 spiro atoms. The van der Waals surface area contributed by atoms with Crippen LogP contribution in [0, 0.1) is 82.3 Å². The van der Waals surface area contributed by atoms with Crippen LogP contribution in [-0.4, -0.2) is 127 Å². The number of ketones is 1. The Bertz CT molecular complexity index is 6610. The first-order valence-corrected chi connectivity index (χ1v) is 53.0. The number of amides is 1. The van der Waals surface area contributed by atoms with Crippen molar-refractivity contribution in [1.29, 1.82) is 0 Å². The molecule has 1 aromatic carbocycles. The van der Waals surface area contributed by atoms with E-state index in [2.05, 4.69) is 121 Å². The Morgan fingerprint density at radius 1 is 0.365 bits per heavy atom. The molecule has 18 aliphatic rings. The Kier molecular flexibility index (Phi) is 23.3. The van der Waals surface area contributed by atoms with E-state index in [1.54, 1.807) is 37.3 Å². The summed E-state index contributed by atoms with van der Waals surface area (Å²) in [6.45, 7) is 0. The van der Waals surface area contributed by atoms with Gasteiger partial charge in [-0.25, -0.2) is 29.9 Å². The first kappa shape index (κ1) is 88.6. The Morgan fingerprint density at radius 2 is 0.781 bits per heavy atom. The predicted octanol–water partition coefficient (Wildman–Crippen LogP) is 20.0. The summed E-state index contributed by atoms with van der Waals surface area (Å²) in [5.74, 6) is 10.4. The summed E-state index contributed by atoms with van der Waals surface area (Å²) in [7, 11) is 0. The molecule has 9 N–H and O–H groups in total. The van der Waals surface area contributed by atoms with Gasteiger partial charge in [-0.2, -0.15) is 0 Å². The Balaban J connectivity index is 0.0000000875. The van der Waals surface area contributed by atoms with Crippen LogP contribution in [0.2, 0.25) is 0 Å². The molecule has 18 saturated carbocycles. The lowest BCUT2D eigenvalue weighted by Gasteiger charge is -2.57. The molecule has 716 valence electrons. The number of aliphatic hydroxyl groups excluding tert-OH is 8. The average molecular weight is 1850 g/mol. The first-order chi connectivity index (χ1) is 66.9. The zero-order valence-corrected chi connectivity index (χ0v) is 78.8. The highest BCUT2D eigenvalue weighted by molar-refractivity contribution is 5.95. The third-order valence-electron chi connectivity index (χ3n) is 36.6. The smallest absolute Gasteiger partial charge is 0.251 e.